The van der Waals surface area contributed by atoms with Gasteiger partial charge in [-0.25, -0.2) is 0 Å². The van der Waals surface area contributed by atoms with Crippen molar-refractivity contribution in [3.63, 3.8) is 0 Å². The summed E-state index contributed by atoms with van der Waals surface area (Å²) in [6.07, 6.45) is 3.30. The maximum atomic E-state index is 14.0. The molecule has 1 spiro atoms. The number of amides is 1. The Labute approximate surface area is 215 Å². The van der Waals surface area contributed by atoms with Crippen molar-refractivity contribution in [1.29, 1.82) is 0 Å². The molecule has 170 valence electrons. The minimum atomic E-state index is -0.735. The van der Waals surface area contributed by atoms with Crippen LogP contribution in [0.5, 0.6) is 0 Å². The second-order valence-electron chi connectivity index (χ2n) is 8.26. The molecule has 1 aliphatic carbocycles. The molecule has 0 N–H and O–H groups in total. The van der Waals surface area contributed by atoms with E-state index >= 15 is 0 Å². The quantitative estimate of drug-likeness (QED) is 0.425. The van der Waals surface area contributed by atoms with Gasteiger partial charge in [0, 0.05) is 0 Å². The van der Waals surface area contributed by atoms with Crippen molar-refractivity contribution in [2.75, 3.05) is 13.2 Å². The molecule has 1 aromatic heterocycles. The number of allylic oxidation sites excluding steroid dienone is 1. The fourth-order valence-corrected chi connectivity index (χ4v) is 10.8. The normalized spacial score (nSPS) is 26.1. The first-order valence-electron chi connectivity index (χ1n) is 11.1. The van der Waals surface area contributed by atoms with E-state index < -0.39 is 5.54 Å². The third-order valence-electron chi connectivity index (χ3n) is 6.35. The monoisotopic (exact) mass is 599 g/mol. The Morgan fingerprint density at radius 3 is 2.38 bits per heavy atom. The minimum absolute atomic E-state index is 0.0884. The zero-order valence-electron chi connectivity index (χ0n) is 18.1. The molecule has 2 aromatic carbocycles. The van der Waals surface area contributed by atoms with Crippen LogP contribution in [0.3, 0.4) is 0 Å². The number of benzene rings is 2. The predicted octanol–water partition coefficient (Wildman–Crippen LogP) is 2.43. The summed E-state index contributed by atoms with van der Waals surface area (Å²) in [6, 6.07) is 24.6. The number of morpholine rings is 1. The first-order chi connectivity index (χ1) is 16.7. The van der Waals surface area contributed by atoms with Crippen molar-refractivity contribution in [1.82, 2.24) is 4.90 Å². The van der Waals surface area contributed by atoms with Gasteiger partial charge in [0.05, 0.1) is 0 Å². The van der Waals surface area contributed by atoms with Crippen LogP contribution < -0.4 is 8.92 Å². The number of carbonyl (C=O) groups excluding carboxylic acids is 2. The van der Waals surface area contributed by atoms with E-state index in [1.165, 1.54) is 8.92 Å². The molecule has 34 heavy (non-hydrogen) atoms. The van der Waals surface area contributed by atoms with Crippen LogP contribution in [-0.2, 0) is 14.3 Å². The van der Waals surface area contributed by atoms with Gasteiger partial charge in [-0.3, -0.25) is 0 Å². The van der Waals surface area contributed by atoms with Crippen molar-refractivity contribution in [3.8, 4) is 0 Å². The summed E-state index contributed by atoms with van der Waals surface area (Å²) in [6.45, 7) is 0.978. The first-order valence-corrected chi connectivity index (χ1v) is 15.5. The van der Waals surface area contributed by atoms with Crippen LogP contribution in [0.4, 0.5) is 0 Å². The summed E-state index contributed by atoms with van der Waals surface area (Å²) >= 11 is 1.39. The van der Waals surface area contributed by atoms with Gasteiger partial charge in [-0.1, -0.05) is 0 Å². The molecule has 0 radical (unpaired) electrons. The van der Waals surface area contributed by atoms with Gasteiger partial charge in [-0.05, 0) is 0 Å². The van der Waals surface area contributed by atoms with Crippen LogP contribution in [0, 0.1) is 0 Å². The Balaban J connectivity index is 1.52. The summed E-state index contributed by atoms with van der Waals surface area (Å²) in [5, 5.41) is 2.06. The molecule has 3 heterocycles. The van der Waals surface area contributed by atoms with Crippen molar-refractivity contribution in [3.05, 3.63) is 99.7 Å². The van der Waals surface area contributed by atoms with Gasteiger partial charge in [-0.2, -0.15) is 0 Å². The molecular formula is C27H21NO3SSe2. The van der Waals surface area contributed by atoms with Crippen LogP contribution >= 0.6 is 11.3 Å². The number of ether oxygens (including phenoxy) is 1. The van der Waals surface area contributed by atoms with Gasteiger partial charge in [0.15, 0.2) is 0 Å². The van der Waals surface area contributed by atoms with Crippen LogP contribution in [-0.4, -0.2) is 71.3 Å². The fourth-order valence-electron chi connectivity index (χ4n) is 4.93. The van der Waals surface area contributed by atoms with Gasteiger partial charge in [-0.15, -0.1) is 0 Å². The molecule has 1 amide bonds. The molecule has 0 bridgehead atoms. The topological polar surface area (TPSA) is 46.6 Å². The molecule has 3 aliphatic rings. The van der Waals surface area contributed by atoms with Crippen molar-refractivity contribution in [2.24, 2.45) is 0 Å². The van der Waals surface area contributed by atoms with Gasteiger partial charge < -0.3 is 0 Å². The average molecular weight is 597 g/mol. The number of rotatable bonds is 5. The third-order valence-corrected chi connectivity index (χ3v) is 12.2. The van der Waals surface area contributed by atoms with E-state index in [9.17, 15) is 9.59 Å². The first kappa shape index (κ1) is 22.2. The van der Waals surface area contributed by atoms with E-state index in [0.717, 1.165) is 14.9 Å². The SMILES string of the molecule is O=C1C=CC23C(c4cccs4)=C([Se]c4ccccc4)C(=O)N2CCOC3C1[Se]c1ccccc1. The van der Waals surface area contributed by atoms with Gasteiger partial charge >= 0.3 is 216 Å². The van der Waals surface area contributed by atoms with E-state index in [0.29, 0.717) is 13.2 Å². The van der Waals surface area contributed by atoms with E-state index in [1.54, 1.807) is 17.4 Å². The van der Waals surface area contributed by atoms with Crippen molar-refractivity contribution in [2.45, 2.75) is 16.5 Å². The molecule has 6 rings (SSSR count). The third kappa shape index (κ3) is 3.59. The van der Waals surface area contributed by atoms with Crippen LogP contribution in [0.15, 0.2) is 94.8 Å². The van der Waals surface area contributed by atoms with Gasteiger partial charge in [0.1, 0.15) is 0 Å². The molecule has 1 fully saturated rings. The maximum absolute atomic E-state index is 14.0. The Hall–Kier alpha value is -2.24. The molecule has 0 saturated carbocycles. The van der Waals surface area contributed by atoms with E-state index in [1.807, 2.05) is 53.4 Å². The average Bonchev–Trinajstić information content (AvgIpc) is 3.47. The van der Waals surface area contributed by atoms with Crippen LogP contribution in [0.25, 0.3) is 5.57 Å². The number of hydrogen-bond donors (Lipinski definition) is 0. The molecule has 3 unspecified atom stereocenters. The fraction of sp³-hybridized carbons (Fsp3) is 0.185. The van der Waals surface area contributed by atoms with Crippen LogP contribution in [0.2, 0.25) is 4.82 Å². The molecular weight excluding hydrogens is 576 g/mol. The summed E-state index contributed by atoms with van der Waals surface area (Å²) in [7, 11) is 0. The second-order valence-corrected chi connectivity index (χ2v) is 14.0. The second kappa shape index (κ2) is 9.08. The molecule has 3 aromatic rings. The molecule has 1 saturated heterocycles. The number of hydrogen-bond acceptors (Lipinski definition) is 4. The zero-order chi connectivity index (χ0) is 23.1. The Morgan fingerprint density at radius 1 is 0.941 bits per heavy atom. The number of thiophene rings is 1. The zero-order valence-corrected chi connectivity index (χ0v) is 22.4. The number of ketones is 1. The van der Waals surface area contributed by atoms with Crippen molar-refractivity contribution < 1.29 is 14.3 Å². The van der Waals surface area contributed by atoms with Gasteiger partial charge in [0.2, 0.25) is 0 Å². The predicted molar refractivity (Wildman–Crippen MR) is 137 cm³/mol. The number of carbonyl (C=O) groups is 2. The van der Waals surface area contributed by atoms with Crippen LogP contribution in [0.1, 0.15) is 4.88 Å². The van der Waals surface area contributed by atoms with E-state index in [-0.39, 0.29) is 52.5 Å². The molecule has 4 nitrogen and oxygen atoms in total. The molecule has 3 atom stereocenters. The Bertz CT molecular complexity index is 1290. The standard InChI is InChI=1S/C27H21NO3SSe2/c29-20-13-14-27-22(21-12-7-17-32-21)24(34-19-10-5-2-6-11-19)26(30)28(27)15-16-31-25(27)23(20)33-18-8-3-1-4-9-18/h1-14,17,23,25H,15-16H2. The summed E-state index contributed by atoms with van der Waals surface area (Å²) < 4.78 is 9.66. The molecule has 7 heteroatoms. The van der Waals surface area contributed by atoms with Crippen molar-refractivity contribution >= 4 is 67.4 Å². The Morgan fingerprint density at radius 2 is 1.68 bits per heavy atom. The molecule has 2 aliphatic heterocycles. The Kier molecular flexibility index (Phi) is 5.94. The summed E-state index contributed by atoms with van der Waals surface area (Å²) in [5.74, 6) is 0.187. The van der Waals surface area contributed by atoms with E-state index in [4.69, 9.17) is 4.74 Å². The van der Waals surface area contributed by atoms with Gasteiger partial charge in [0.25, 0.3) is 0 Å². The summed E-state index contributed by atoms with van der Waals surface area (Å²) in [5.41, 5.74) is 0.305. The summed E-state index contributed by atoms with van der Waals surface area (Å²) in [4.78, 5) is 30.0. The number of nitrogens with zero attached hydrogens (tertiary/aromatic N) is 1. The van der Waals surface area contributed by atoms with E-state index in [2.05, 4.69) is 35.7 Å².